The maximum Gasteiger partial charge on any atom is 0.240 e. The Morgan fingerprint density at radius 3 is 2.50 bits per heavy atom. The SMILES string of the molecule is CCC(=O)NCCCc1nc2ccccc2n1CC(=O)NCc1ccccc1. The lowest BCUT2D eigenvalue weighted by atomic mass is 10.2. The quantitative estimate of drug-likeness (QED) is 0.562. The molecule has 0 fully saturated rings. The molecule has 0 atom stereocenters. The van der Waals surface area contributed by atoms with Gasteiger partial charge in [-0.1, -0.05) is 49.4 Å². The van der Waals surface area contributed by atoms with Crippen molar-refractivity contribution in [3.05, 3.63) is 66.0 Å². The van der Waals surface area contributed by atoms with E-state index in [9.17, 15) is 9.59 Å². The number of carbonyl (C=O) groups is 2. The highest BCUT2D eigenvalue weighted by molar-refractivity contribution is 5.81. The highest BCUT2D eigenvalue weighted by atomic mass is 16.2. The summed E-state index contributed by atoms with van der Waals surface area (Å²) in [5, 5.41) is 5.85. The number of benzene rings is 2. The molecule has 1 heterocycles. The van der Waals surface area contributed by atoms with Crippen LogP contribution in [0, 0.1) is 0 Å². The predicted octanol–water partition coefficient (Wildman–Crippen LogP) is 2.81. The van der Waals surface area contributed by atoms with Gasteiger partial charge in [0.15, 0.2) is 0 Å². The lowest BCUT2D eigenvalue weighted by Gasteiger charge is -2.10. The minimum absolute atomic E-state index is 0.0486. The molecule has 1 aromatic heterocycles. The highest BCUT2D eigenvalue weighted by Crippen LogP contribution is 2.17. The second kappa shape index (κ2) is 9.69. The van der Waals surface area contributed by atoms with E-state index in [0.717, 1.165) is 28.8 Å². The number of aryl methyl sites for hydroxylation is 1. The molecular formula is C22H26N4O2. The number of carbonyl (C=O) groups excluding carboxylic acids is 2. The number of amides is 2. The topological polar surface area (TPSA) is 76.0 Å². The fraction of sp³-hybridized carbons (Fsp3) is 0.318. The van der Waals surface area contributed by atoms with Gasteiger partial charge >= 0.3 is 0 Å². The summed E-state index contributed by atoms with van der Waals surface area (Å²) in [6.45, 7) is 3.17. The van der Waals surface area contributed by atoms with Crippen LogP contribution in [0.2, 0.25) is 0 Å². The van der Waals surface area contributed by atoms with Crippen LogP contribution < -0.4 is 10.6 Å². The van der Waals surface area contributed by atoms with Crippen molar-refractivity contribution in [1.82, 2.24) is 20.2 Å². The van der Waals surface area contributed by atoms with E-state index in [-0.39, 0.29) is 18.4 Å². The van der Waals surface area contributed by atoms with Gasteiger partial charge in [0.1, 0.15) is 12.4 Å². The summed E-state index contributed by atoms with van der Waals surface area (Å²) in [4.78, 5) is 28.6. The van der Waals surface area contributed by atoms with Gasteiger partial charge in [0.25, 0.3) is 0 Å². The lowest BCUT2D eigenvalue weighted by Crippen LogP contribution is -2.28. The van der Waals surface area contributed by atoms with Crippen LogP contribution in [-0.2, 0) is 29.1 Å². The summed E-state index contributed by atoms with van der Waals surface area (Å²) in [6.07, 6.45) is 1.96. The third-order valence-electron chi connectivity index (χ3n) is 4.59. The van der Waals surface area contributed by atoms with Crippen LogP contribution in [0.3, 0.4) is 0 Å². The second-order valence-electron chi connectivity index (χ2n) is 6.67. The molecule has 28 heavy (non-hydrogen) atoms. The largest absolute Gasteiger partial charge is 0.356 e. The van der Waals surface area contributed by atoms with Crippen LogP contribution >= 0.6 is 0 Å². The molecular weight excluding hydrogens is 352 g/mol. The van der Waals surface area contributed by atoms with E-state index in [1.54, 1.807) is 0 Å². The van der Waals surface area contributed by atoms with Crippen LogP contribution in [0.15, 0.2) is 54.6 Å². The first-order valence-electron chi connectivity index (χ1n) is 9.69. The molecule has 6 heteroatoms. The Morgan fingerprint density at radius 2 is 1.71 bits per heavy atom. The Bertz CT molecular complexity index is 934. The van der Waals surface area contributed by atoms with E-state index >= 15 is 0 Å². The average molecular weight is 378 g/mol. The van der Waals surface area contributed by atoms with Crippen molar-refractivity contribution in [1.29, 1.82) is 0 Å². The predicted molar refractivity (Wildman–Crippen MR) is 110 cm³/mol. The molecule has 0 bridgehead atoms. The first-order chi connectivity index (χ1) is 13.7. The number of rotatable bonds is 9. The van der Waals surface area contributed by atoms with Crippen LogP contribution in [0.4, 0.5) is 0 Å². The summed E-state index contributed by atoms with van der Waals surface area (Å²) in [7, 11) is 0. The normalized spacial score (nSPS) is 10.8. The molecule has 0 unspecified atom stereocenters. The Kier molecular flexibility index (Phi) is 6.78. The van der Waals surface area contributed by atoms with E-state index in [0.29, 0.717) is 25.9 Å². The maximum atomic E-state index is 12.5. The number of fused-ring (bicyclic) bond motifs is 1. The molecule has 0 aliphatic carbocycles. The second-order valence-corrected chi connectivity index (χ2v) is 6.67. The van der Waals surface area contributed by atoms with Crippen molar-refractivity contribution in [2.45, 2.75) is 39.3 Å². The zero-order valence-electron chi connectivity index (χ0n) is 16.1. The number of hydrogen-bond acceptors (Lipinski definition) is 3. The molecule has 2 N–H and O–H groups in total. The standard InChI is InChI=1S/C22H26N4O2/c1-2-21(27)23-14-8-13-20-25-18-11-6-7-12-19(18)26(20)16-22(28)24-15-17-9-4-3-5-10-17/h3-7,9-12H,2,8,13-16H2,1H3,(H,23,27)(H,24,28). The molecule has 2 aromatic carbocycles. The van der Waals surface area contributed by atoms with Gasteiger partial charge in [0, 0.05) is 25.9 Å². The number of aromatic nitrogens is 2. The van der Waals surface area contributed by atoms with Crippen molar-refractivity contribution < 1.29 is 9.59 Å². The Labute approximate surface area is 165 Å². The van der Waals surface area contributed by atoms with E-state index in [4.69, 9.17) is 4.98 Å². The molecule has 0 aliphatic rings. The van der Waals surface area contributed by atoms with E-state index in [1.807, 2.05) is 66.1 Å². The zero-order chi connectivity index (χ0) is 19.8. The number of hydrogen-bond donors (Lipinski definition) is 2. The smallest absolute Gasteiger partial charge is 0.240 e. The average Bonchev–Trinajstić information content (AvgIpc) is 3.07. The number of imidazole rings is 1. The minimum Gasteiger partial charge on any atom is -0.356 e. The number of nitrogens with one attached hydrogen (secondary N) is 2. The van der Waals surface area contributed by atoms with Gasteiger partial charge in [-0.25, -0.2) is 4.98 Å². The van der Waals surface area contributed by atoms with Gasteiger partial charge in [-0.15, -0.1) is 0 Å². The molecule has 0 radical (unpaired) electrons. The van der Waals surface area contributed by atoms with E-state index < -0.39 is 0 Å². The van der Waals surface area contributed by atoms with Crippen molar-refractivity contribution in [3.63, 3.8) is 0 Å². The first kappa shape index (κ1) is 19.6. The van der Waals surface area contributed by atoms with Gasteiger partial charge in [-0.05, 0) is 24.1 Å². The number of nitrogens with zero attached hydrogens (tertiary/aromatic N) is 2. The third-order valence-corrected chi connectivity index (χ3v) is 4.59. The molecule has 0 spiro atoms. The monoisotopic (exact) mass is 378 g/mol. The van der Waals surface area contributed by atoms with Crippen LogP contribution in [-0.4, -0.2) is 27.9 Å². The summed E-state index contributed by atoms with van der Waals surface area (Å²) < 4.78 is 1.97. The van der Waals surface area contributed by atoms with E-state index in [2.05, 4.69) is 10.6 Å². The van der Waals surface area contributed by atoms with Crippen LogP contribution in [0.25, 0.3) is 11.0 Å². The van der Waals surface area contributed by atoms with Crippen LogP contribution in [0.1, 0.15) is 31.2 Å². The lowest BCUT2D eigenvalue weighted by molar-refractivity contribution is -0.122. The zero-order valence-corrected chi connectivity index (χ0v) is 16.1. The molecule has 2 amide bonds. The Balaban J connectivity index is 1.66. The molecule has 0 saturated heterocycles. The third kappa shape index (κ3) is 5.19. The fourth-order valence-electron chi connectivity index (χ4n) is 3.09. The van der Waals surface area contributed by atoms with Crippen molar-refractivity contribution in [2.24, 2.45) is 0 Å². The summed E-state index contributed by atoms with van der Waals surface area (Å²) >= 11 is 0. The molecule has 3 rings (SSSR count). The van der Waals surface area contributed by atoms with Gasteiger partial charge in [0.05, 0.1) is 11.0 Å². The van der Waals surface area contributed by atoms with Gasteiger partial charge in [-0.3, -0.25) is 9.59 Å². The van der Waals surface area contributed by atoms with Crippen molar-refractivity contribution >= 4 is 22.8 Å². The summed E-state index contributed by atoms with van der Waals surface area (Å²) in [5.41, 5.74) is 2.90. The highest BCUT2D eigenvalue weighted by Gasteiger charge is 2.13. The van der Waals surface area contributed by atoms with Gasteiger partial charge < -0.3 is 15.2 Å². The summed E-state index contributed by atoms with van der Waals surface area (Å²) in [5.74, 6) is 0.864. The van der Waals surface area contributed by atoms with Crippen molar-refractivity contribution in [2.75, 3.05) is 6.54 Å². The molecule has 6 nitrogen and oxygen atoms in total. The molecule has 0 saturated carbocycles. The fourth-order valence-corrected chi connectivity index (χ4v) is 3.09. The maximum absolute atomic E-state index is 12.5. The Hall–Kier alpha value is -3.15. The number of para-hydroxylation sites is 2. The minimum atomic E-state index is -0.0486. The molecule has 0 aliphatic heterocycles. The molecule has 3 aromatic rings. The van der Waals surface area contributed by atoms with Gasteiger partial charge in [0.2, 0.25) is 11.8 Å². The first-order valence-corrected chi connectivity index (χ1v) is 9.69. The van der Waals surface area contributed by atoms with Gasteiger partial charge in [-0.2, -0.15) is 0 Å². The summed E-state index contributed by atoms with van der Waals surface area (Å²) in [6, 6.07) is 17.7. The van der Waals surface area contributed by atoms with Crippen molar-refractivity contribution in [3.8, 4) is 0 Å². The Morgan fingerprint density at radius 1 is 0.964 bits per heavy atom. The van der Waals surface area contributed by atoms with Crippen LogP contribution in [0.5, 0.6) is 0 Å². The van der Waals surface area contributed by atoms with E-state index in [1.165, 1.54) is 0 Å². The molecule has 146 valence electrons.